The van der Waals surface area contributed by atoms with Crippen LogP contribution in [0.1, 0.15) is 66.8 Å². The van der Waals surface area contributed by atoms with Crippen LogP contribution < -0.4 is 16.1 Å². The first-order chi connectivity index (χ1) is 14.8. The van der Waals surface area contributed by atoms with Gasteiger partial charge in [0.1, 0.15) is 11.1 Å². The van der Waals surface area contributed by atoms with E-state index in [2.05, 4.69) is 29.5 Å². The summed E-state index contributed by atoms with van der Waals surface area (Å²) in [5.74, 6) is -0.137. The predicted molar refractivity (Wildman–Crippen MR) is 122 cm³/mol. The molecule has 31 heavy (non-hydrogen) atoms. The Hall–Kier alpha value is -2.96. The third-order valence-electron chi connectivity index (χ3n) is 4.83. The van der Waals surface area contributed by atoms with Gasteiger partial charge in [-0.3, -0.25) is 19.4 Å². The minimum atomic E-state index is -0.534. The van der Waals surface area contributed by atoms with E-state index in [9.17, 15) is 14.4 Å². The van der Waals surface area contributed by atoms with Crippen molar-refractivity contribution in [3.8, 4) is 0 Å². The van der Waals surface area contributed by atoms with E-state index in [0.717, 1.165) is 24.8 Å². The average molecular weight is 427 g/mol. The Labute approximate surface area is 184 Å². The number of aryl methyl sites for hydroxylation is 1. The molecule has 2 rings (SSSR count). The van der Waals surface area contributed by atoms with Crippen LogP contribution in [0.5, 0.6) is 0 Å². The van der Waals surface area contributed by atoms with E-state index in [4.69, 9.17) is 0 Å². The van der Waals surface area contributed by atoms with Crippen LogP contribution in [0, 0.1) is 11.8 Å². The topological polar surface area (TPSA) is 93.1 Å². The highest BCUT2D eigenvalue weighted by Gasteiger charge is 2.19. The summed E-state index contributed by atoms with van der Waals surface area (Å²) in [6, 6.07) is 3.88. The Kier molecular flexibility index (Phi) is 9.43. The third kappa shape index (κ3) is 8.00. The van der Waals surface area contributed by atoms with Crippen LogP contribution in [-0.4, -0.2) is 34.5 Å². The van der Waals surface area contributed by atoms with Gasteiger partial charge >= 0.3 is 0 Å². The number of pyridine rings is 2. The second-order valence-corrected chi connectivity index (χ2v) is 8.66. The van der Waals surface area contributed by atoms with Gasteiger partial charge in [-0.1, -0.05) is 27.7 Å². The first-order valence-corrected chi connectivity index (χ1v) is 11.0. The molecule has 2 N–H and O–H groups in total. The van der Waals surface area contributed by atoms with Crippen LogP contribution in [0.2, 0.25) is 0 Å². The van der Waals surface area contributed by atoms with Crippen LogP contribution in [0.15, 0.2) is 41.7 Å². The molecule has 0 aliphatic heterocycles. The quantitative estimate of drug-likeness (QED) is 0.540. The largest absolute Gasteiger partial charge is 0.352 e. The van der Waals surface area contributed by atoms with Crippen molar-refractivity contribution in [1.82, 2.24) is 20.2 Å². The van der Waals surface area contributed by atoms with Crippen LogP contribution in [0.4, 0.5) is 0 Å². The molecular weight excluding hydrogens is 392 g/mol. The maximum atomic E-state index is 12.9. The molecule has 7 heteroatoms. The molecule has 2 heterocycles. The van der Waals surface area contributed by atoms with Gasteiger partial charge in [-0.2, -0.15) is 0 Å². The molecule has 0 atom stereocenters. The van der Waals surface area contributed by atoms with Crippen molar-refractivity contribution in [1.29, 1.82) is 0 Å². The Morgan fingerprint density at radius 3 is 2.06 bits per heavy atom. The zero-order chi connectivity index (χ0) is 22.8. The van der Waals surface area contributed by atoms with E-state index in [1.807, 2.05) is 26.0 Å². The molecule has 0 unspecified atom stereocenters. The molecule has 7 nitrogen and oxygen atoms in total. The Morgan fingerprint density at radius 1 is 0.935 bits per heavy atom. The molecule has 0 radical (unpaired) electrons. The first kappa shape index (κ1) is 24.3. The second-order valence-electron chi connectivity index (χ2n) is 8.66. The van der Waals surface area contributed by atoms with E-state index < -0.39 is 17.2 Å². The molecule has 0 aliphatic carbocycles. The molecule has 0 saturated heterocycles. The van der Waals surface area contributed by atoms with Gasteiger partial charge in [0.15, 0.2) is 0 Å². The van der Waals surface area contributed by atoms with Gasteiger partial charge in [0.05, 0.1) is 0 Å². The fraction of sp³-hybridized carbons (Fsp3) is 0.500. The Bertz CT molecular complexity index is 920. The zero-order valence-corrected chi connectivity index (χ0v) is 19.0. The molecule has 0 bridgehead atoms. The molecule has 2 amide bonds. The first-order valence-electron chi connectivity index (χ1n) is 11.0. The Balaban J connectivity index is 2.11. The minimum absolute atomic E-state index is 0.000991. The number of nitrogens with one attached hydrogen (secondary N) is 2. The van der Waals surface area contributed by atoms with Gasteiger partial charge in [-0.05, 0) is 48.8 Å². The van der Waals surface area contributed by atoms with E-state index >= 15 is 0 Å². The summed E-state index contributed by atoms with van der Waals surface area (Å²) in [6.45, 7) is 9.76. The monoisotopic (exact) mass is 426 g/mol. The van der Waals surface area contributed by atoms with Gasteiger partial charge in [-0.15, -0.1) is 0 Å². The van der Waals surface area contributed by atoms with Crippen molar-refractivity contribution in [2.45, 2.75) is 53.5 Å². The lowest BCUT2D eigenvalue weighted by molar-refractivity contribution is 0.0949. The van der Waals surface area contributed by atoms with Crippen molar-refractivity contribution < 1.29 is 9.59 Å². The van der Waals surface area contributed by atoms with Crippen LogP contribution in [0.3, 0.4) is 0 Å². The molecule has 2 aromatic heterocycles. The predicted octanol–water partition coefficient (Wildman–Crippen LogP) is 3.04. The number of carbonyl (C=O) groups is 2. The van der Waals surface area contributed by atoms with Crippen molar-refractivity contribution in [3.63, 3.8) is 0 Å². The average Bonchev–Trinajstić information content (AvgIpc) is 2.72. The third-order valence-corrected chi connectivity index (χ3v) is 4.83. The molecule has 0 aliphatic rings. The maximum absolute atomic E-state index is 12.9. The number of nitrogens with zero attached hydrogens (tertiary/aromatic N) is 2. The van der Waals surface area contributed by atoms with Crippen molar-refractivity contribution >= 4 is 11.8 Å². The van der Waals surface area contributed by atoms with E-state index in [0.29, 0.717) is 31.5 Å². The van der Waals surface area contributed by atoms with Crippen LogP contribution in [0.25, 0.3) is 0 Å². The number of hydrogen-bond donors (Lipinski definition) is 2. The van der Waals surface area contributed by atoms with Crippen LogP contribution in [-0.2, 0) is 13.0 Å². The number of hydrogen-bond acceptors (Lipinski definition) is 4. The standard InChI is InChI=1S/C24H34N4O3/c1-17(2)7-13-27-24(31)21-16-28(14-18(3)4)15-20(22(21)29)23(30)26-10-5-6-19-8-11-25-12-9-19/h8-9,11-12,15-18H,5-7,10,13-14H2,1-4H3,(H,26,30)(H,27,31). The highest BCUT2D eigenvalue weighted by Crippen LogP contribution is 2.05. The number of amides is 2. The lowest BCUT2D eigenvalue weighted by atomic mass is 10.1. The summed E-state index contributed by atoms with van der Waals surface area (Å²) in [5.41, 5.74) is 0.618. The zero-order valence-electron chi connectivity index (χ0n) is 19.0. The number of carbonyl (C=O) groups excluding carboxylic acids is 2. The SMILES string of the molecule is CC(C)CCNC(=O)c1cn(CC(C)C)cc(C(=O)NCCCc2ccncc2)c1=O. The smallest absolute Gasteiger partial charge is 0.256 e. The Morgan fingerprint density at radius 2 is 1.52 bits per heavy atom. The summed E-state index contributed by atoms with van der Waals surface area (Å²) >= 11 is 0. The number of rotatable bonds is 11. The van der Waals surface area contributed by atoms with Gasteiger partial charge in [0.2, 0.25) is 5.43 Å². The molecular formula is C24H34N4O3. The highest BCUT2D eigenvalue weighted by molar-refractivity contribution is 5.99. The van der Waals surface area contributed by atoms with Crippen molar-refractivity contribution in [2.75, 3.05) is 13.1 Å². The van der Waals surface area contributed by atoms with Crippen molar-refractivity contribution in [2.24, 2.45) is 11.8 Å². The van der Waals surface area contributed by atoms with E-state index in [1.54, 1.807) is 29.4 Å². The summed E-state index contributed by atoms with van der Waals surface area (Å²) in [5, 5.41) is 5.61. The molecule has 0 aromatic carbocycles. The summed E-state index contributed by atoms with van der Waals surface area (Å²) in [6.07, 6.45) is 8.94. The number of aromatic nitrogens is 2. The molecule has 168 valence electrons. The fourth-order valence-electron chi connectivity index (χ4n) is 3.19. The highest BCUT2D eigenvalue weighted by atomic mass is 16.2. The lowest BCUT2D eigenvalue weighted by Gasteiger charge is -2.14. The van der Waals surface area contributed by atoms with E-state index in [-0.39, 0.29) is 11.1 Å². The normalized spacial score (nSPS) is 11.0. The van der Waals surface area contributed by atoms with Gasteiger partial charge in [-0.25, -0.2) is 0 Å². The summed E-state index contributed by atoms with van der Waals surface area (Å²) in [4.78, 5) is 42.2. The summed E-state index contributed by atoms with van der Waals surface area (Å²) < 4.78 is 1.76. The van der Waals surface area contributed by atoms with Crippen molar-refractivity contribution in [3.05, 3.63) is 63.8 Å². The van der Waals surface area contributed by atoms with Gasteiger partial charge < -0.3 is 15.2 Å². The fourth-order valence-corrected chi connectivity index (χ4v) is 3.19. The molecule has 0 fully saturated rings. The molecule has 0 saturated carbocycles. The lowest BCUT2D eigenvalue weighted by Crippen LogP contribution is -2.36. The van der Waals surface area contributed by atoms with Gasteiger partial charge in [0, 0.05) is 44.4 Å². The van der Waals surface area contributed by atoms with E-state index in [1.165, 1.54) is 0 Å². The maximum Gasteiger partial charge on any atom is 0.256 e. The second kappa shape index (κ2) is 12.0. The van der Waals surface area contributed by atoms with Gasteiger partial charge in [0.25, 0.3) is 11.8 Å². The van der Waals surface area contributed by atoms with Crippen LogP contribution >= 0.6 is 0 Å². The molecule has 0 spiro atoms. The summed E-state index contributed by atoms with van der Waals surface area (Å²) in [7, 11) is 0. The molecule has 2 aromatic rings. The minimum Gasteiger partial charge on any atom is -0.352 e.